The number of nitrogens with one attached hydrogen (secondary N) is 1. The lowest BCUT2D eigenvalue weighted by atomic mass is 9.94. The zero-order valence-corrected chi connectivity index (χ0v) is 22.7. The van der Waals surface area contributed by atoms with Crippen LogP contribution in [-0.2, 0) is 4.79 Å². The van der Waals surface area contributed by atoms with E-state index in [9.17, 15) is 19.8 Å². The summed E-state index contributed by atoms with van der Waals surface area (Å²) in [7, 11) is 0. The number of aliphatic hydroxyl groups is 1. The highest BCUT2D eigenvalue weighted by molar-refractivity contribution is 5.99. The highest BCUT2D eigenvalue weighted by atomic mass is 16.4. The predicted octanol–water partition coefficient (Wildman–Crippen LogP) is 5.38. The number of aliphatic hydroxyl groups excluding tert-OH is 1. The topological polar surface area (TPSA) is 130 Å². The summed E-state index contributed by atoms with van der Waals surface area (Å²) in [4.78, 5) is 38.9. The summed E-state index contributed by atoms with van der Waals surface area (Å²) in [5.74, 6) is -1.08. The van der Waals surface area contributed by atoms with Gasteiger partial charge in [0.1, 0.15) is 5.82 Å². The predicted molar refractivity (Wildman–Crippen MR) is 156 cm³/mol. The summed E-state index contributed by atoms with van der Waals surface area (Å²) < 4.78 is 2.28. The van der Waals surface area contributed by atoms with Gasteiger partial charge in [-0.2, -0.15) is 0 Å². The molecule has 41 heavy (non-hydrogen) atoms. The largest absolute Gasteiger partial charge is 0.480 e. The number of nitrogens with zero attached hydrogens (tertiary/aromatic N) is 4. The number of carbonyl (C=O) groups is 2. The molecule has 2 aromatic heterocycles. The molecule has 9 nitrogen and oxygen atoms in total. The highest BCUT2D eigenvalue weighted by Crippen LogP contribution is 2.37. The lowest BCUT2D eigenvalue weighted by molar-refractivity contribution is -0.141. The number of fused-ring (bicyclic) bond motifs is 2. The van der Waals surface area contributed by atoms with Gasteiger partial charge in [0.15, 0.2) is 6.04 Å². The van der Waals surface area contributed by atoms with Crippen LogP contribution in [0.3, 0.4) is 0 Å². The fourth-order valence-electron chi connectivity index (χ4n) is 5.66. The Kier molecular flexibility index (Phi) is 7.19. The van der Waals surface area contributed by atoms with Crippen LogP contribution in [0.15, 0.2) is 72.9 Å². The maximum absolute atomic E-state index is 12.9. The molecule has 3 aromatic carbocycles. The fourth-order valence-corrected chi connectivity index (χ4v) is 5.66. The molecule has 0 spiro atoms. The molecule has 1 amide bonds. The van der Waals surface area contributed by atoms with Crippen molar-refractivity contribution < 1.29 is 19.8 Å². The van der Waals surface area contributed by atoms with Crippen LogP contribution in [0.4, 0.5) is 0 Å². The summed E-state index contributed by atoms with van der Waals surface area (Å²) in [5, 5.41) is 21.6. The Balaban J connectivity index is 1.41. The average Bonchev–Trinajstić information content (AvgIpc) is 3.38. The van der Waals surface area contributed by atoms with Gasteiger partial charge >= 0.3 is 5.97 Å². The summed E-state index contributed by atoms with van der Waals surface area (Å²) in [6.07, 6.45) is 6.14. The number of hydrogen-bond donors (Lipinski definition) is 3. The lowest BCUT2D eigenvalue weighted by Crippen LogP contribution is -2.47. The van der Waals surface area contributed by atoms with Crippen LogP contribution < -0.4 is 5.32 Å². The third-order valence-corrected chi connectivity index (χ3v) is 7.80. The summed E-state index contributed by atoms with van der Waals surface area (Å²) in [5.41, 5.74) is 6.13. The van der Waals surface area contributed by atoms with Gasteiger partial charge in [0.05, 0.1) is 40.1 Å². The number of carbonyl (C=O) groups excluding carboxylic acids is 1. The van der Waals surface area contributed by atoms with Gasteiger partial charge in [0, 0.05) is 22.7 Å². The van der Waals surface area contributed by atoms with Crippen molar-refractivity contribution in [2.75, 3.05) is 0 Å². The molecule has 1 saturated carbocycles. The first-order valence-corrected chi connectivity index (χ1v) is 14.0. The maximum Gasteiger partial charge on any atom is 0.328 e. The Morgan fingerprint density at radius 3 is 2.41 bits per heavy atom. The Morgan fingerprint density at radius 1 is 0.902 bits per heavy atom. The first kappa shape index (κ1) is 26.6. The second-order valence-corrected chi connectivity index (χ2v) is 10.7. The zero-order valence-electron chi connectivity index (χ0n) is 22.7. The van der Waals surface area contributed by atoms with E-state index in [0.29, 0.717) is 5.52 Å². The van der Waals surface area contributed by atoms with E-state index in [-0.39, 0.29) is 11.6 Å². The van der Waals surface area contributed by atoms with Crippen LogP contribution in [0, 0.1) is 0 Å². The van der Waals surface area contributed by atoms with Crippen LogP contribution in [0.1, 0.15) is 55.4 Å². The summed E-state index contributed by atoms with van der Waals surface area (Å²) >= 11 is 0. The van der Waals surface area contributed by atoms with Gasteiger partial charge in [-0.1, -0.05) is 49.6 Å². The minimum atomic E-state index is -1.41. The van der Waals surface area contributed by atoms with Crippen LogP contribution in [0.25, 0.3) is 44.7 Å². The minimum absolute atomic E-state index is 0.275. The van der Waals surface area contributed by atoms with Gasteiger partial charge < -0.3 is 20.1 Å². The molecule has 0 radical (unpaired) electrons. The van der Waals surface area contributed by atoms with Gasteiger partial charge in [-0.15, -0.1) is 0 Å². The van der Waals surface area contributed by atoms with Gasteiger partial charge in [-0.25, -0.2) is 14.8 Å². The SMILES string of the molecule is CC(O)C(NC(=O)c1ccc2c(c1)nc(-c1ccc3nc(-c4ccccc4)cnc3c1)n2C1CCCCC1)C(=O)O. The third kappa shape index (κ3) is 5.28. The van der Waals surface area contributed by atoms with Crippen molar-refractivity contribution in [3.05, 3.63) is 78.5 Å². The molecule has 6 rings (SSSR count). The standard InChI is InChI=1S/C32H31N5O4/c1-19(38)29(32(40)41)36-31(39)22-13-15-28-26(17-22)35-30(37(28)23-10-6-3-7-11-23)21-12-14-24-25(16-21)33-18-27(34-24)20-8-4-2-5-9-20/h2,4-5,8-9,12-19,23,29,38H,3,6-7,10-11H2,1H3,(H,36,39)(H,40,41). The van der Waals surface area contributed by atoms with E-state index in [1.54, 1.807) is 18.3 Å². The molecule has 2 unspecified atom stereocenters. The van der Waals surface area contributed by atoms with E-state index in [1.807, 2.05) is 54.6 Å². The number of hydrogen-bond acceptors (Lipinski definition) is 6. The molecule has 0 bridgehead atoms. The third-order valence-electron chi connectivity index (χ3n) is 7.80. The Labute approximate surface area is 236 Å². The van der Waals surface area contributed by atoms with Crippen molar-refractivity contribution in [1.82, 2.24) is 24.8 Å². The zero-order chi connectivity index (χ0) is 28.5. The van der Waals surface area contributed by atoms with Crippen LogP contribution in [-0.4, -0.2) is 53.8 Å². The van der Waals surface area contributed by atoms with Crippen molar-refractivity contribution in [3.63, 3.8) is 0 Å². The van der Waals surface area contributed by atoms with Gasteiger partial charge in [0.2, 0.25) is 0 Å². The summed E-state index contributed by atoms with van der Waals surface area (Å²) in [6.45, 7) is 1.33. The Bertz CT molecular complexity index is 1740. The monoisotopic (exact) mass is 549 g/mol. The molecule has 3 N–H and O–H groups in total. The number of benzene rings is 3. The molecule has 9 heteroatoms. The second-order valence-electron chi connectivity index (χ2n) is 10.7. The van der Waals surface area contributed by atoms with Crippen molar-refractivity contribution in [3.8, 4) is 22.6 Å². The molecule has 1 aliphatic carbocycles. The number of aliphatic carboxylic acids is 1. The van der Waals surface area contributed by atoms with E-state index in [1.165, 1.54) is 13.3 Å². The van der Waals surface area contributed by atoms with E-state index >= 15 is 0 Å². The maximum atomic E-state index is 12.9. The number of imidazole rings is 1. The first-order chi connectivity index (χ1) is 19.9. The molecule has 0 aliphatic heterocycles. The number of amides is 1. The number of aromatic nitrogens is 4. The van der Waals surface area contributed by atoms with E-state index in [4.69, 9.17) is 15.0 Å². The van der Waals surface area contributed by atoms with E-state index in [2.05, 4.69) is 9.88 Å². The lowest BCUT2D eigenvalue weighted by Gasteiger charge is -2.25. The summed E-state index contributed by atoms with van der Waals surface area (Å²) in [6, 6.07) is 20.0. The molecule has 2 atom stereocenters. The normalized spacial score (nSPS) is 15.6. The highest BCUT2D eigenvalue weighted by Gasteiger charge is 2.27. The molecule has 0 saturated heterocycles. The number of carboxylic acid groups (broad SMARTS) is 1. The molecule has 1 fully saturated rings. The molecular weight excluding hydrogens is 518 g/mol. The van der Waals surface area contributed by atoms with Crippen molar-refractivity contribution in [2.24, 2.45) is 0 Å². The number of carboxylic acids is 1. The quantitative estimate of drug-likeness (QED) is 0.248. The first-order valence-electron chi connectivity index (χ1n) is 14.0. The number of rotatable bonds is 7. The fraction of sp³-hybridized carbons (Fsp3) is 0.281. The van der Waals surface area contributed by atoms with Crippen LogP contribution in [0.5, 0.6) is 0 Å². The molecular formula is C32H31N5O4. The molecule has 2 heterocycles. The van der Waals surface area contributed by atoms with Gasteiger partial charge in [-0.3, -0.25) is 9.78 Å². The van der Waals surface area contributed by atoms with Gasteiger partial charge in [-0.05, 0) is 56.2 Å². The second kappa shape index (κ2) is 11.1. The van der Waals surface area contributed by atoms with Crippen molar-refractivity contribution in [2.45, 2.75) is 57.2 Å². The van der Waals surface area contributed by atoms with Crippen LogP contribution in [0.2, 0.25) is 0 Å². The van der Waals surface area contributed by atoms with E-state index in [0.717, 1.165) is 64.9 Å². The molecule has 1 aliphatic rings. The van der Waals surface area contributed by atoms with Crippen molar-refractivity contribution in [1.29, 1.82) is 0 Å². The molecule has 5 aromatic rings. The molecule has 208 valence electrons. The minimum Gasteiger partial charge on any atom is -0.480 e. The van der Waals surface area contributed by atoms with Crippen LogP contribution >= 0.6 is 0 Å². The van der Waals surface area contributed by atoms with E-state index < -0.39 is 24.0 Å². The Hall–Kier alpha value is -4.63. The Morgan fingerprint density at radius 2 is 1.68 bits per heavy atom. The van der Waals surface area contributed by atoms with Crippen molar-refractivity contribution >= 4 is 33.9 Å². The average molecular weight is 550 g/mol. The van der Waals surface area contributed by atoms with Gasteiger partial charge in [0.25, 0.3) is 5.91 Å². The smallest absolute Gasteiger partial charge is 0.328 e.